The number of rotatable bonds is 9. The van der Waals surface area contributed by atoms with Crippen LogP contribution in [0.3, 0.4) is 0 Å². The van der Waals surface area contributed by atoms with Crippen LogP contribution < -0.4 is 10.6 Å². The zero-order chi connectivity index (χ0) is 14.8. The van der Waals surface area contributed by atoms with Gasteiger partial charge in [-0.15, -0.1) is 0 Å². The average Bonchev–Trinajstić information content (AvgIpc) is 2.43. The Kier molecular flexibility index (Phi) is 7.97. The number of anilines is 1. The maximum Gasteiger partial charge on any atom is 0.221 e. The molecule has 0 heterocycles. The summed E-state index contributed by atoms with van der Waals surface area (Å²) in [5.74, 6) is -0.0292. The van der Waals surface area contributed by atoms with E-state index < -0.39 is 0 Å². The standard InChI is InChI=1S/C17H28N2O/c1-4-6-8-16(7-5-2)18-13-15-9-11-17(12-10-15)19-14(3)20/h9-12,16,18H,4-8,13H2,1-3H3,(H,19,20). The van der Waals surface area contributed by atoms with E-state index in [1.807, 2.05) is 12.1 Å². The molecular weight excluding hydrogens is 248 g/mol. The van der Waals surface area contributed by atoms with E-state index in [2.05, 4.69) is 36.6 Å². The van der Waals surface area contributed by atoms with E-state index in [4.69, 9.17) is 0 Å². The Morgan fingerprint density at radius 3 is 2.35 bits per heavy atom. The van der Waals surface area contributed by atoms with Gasteiger partial charge < -0.3 is 10.6 Å². The summed E-state index contributed by atoms with van der Waals surface area (Å²) in [6.07, 6.45) is 6.27. The summed E-state index contributed by atoms with van der Waals surface area (Å²) in [4.78, 5) is 11.0. The van der Waals surface area contributed by atoms with Crippen LogP contribution in [-0.2, 0) is 11.3 Å². The van der Waals surface area contributed by atoms with Gasteiger partial charge in [0.25, 0.3) is 0 Å². The molecule has 0 spiro atoms. The van der Waals surface area contributed by atoms with Crippen LogP contribution in [0.15, 0.2) is 24.3 Å². The SMILES string of the molecule is CCCCC(CCC)NCc1ccc(NC(C)=O)cc1. The predicted octanol–water partition coefficient (Wildman–Crippen LogP) is 4.09. The van der Waals surface area contributed by atoms with Gasteiger partial charge in [-0.2, -0.15) is 0 Å². The van der Waals surface area contributed by atoms with Crippen molar-refractivity contribution < 1.29 is 4.79 Å². The molecule has 0 saturated carbocycles. The zero-order valence-electron chi connectivity index (χ0n) is 13.0. The van der Waals surface area contributed by atoms with Gasteiger partial charge in [-0.1, -0.05) is 45.2 Å². The van der Waals surface area contributed by atoms with E-state index in [0.717, 1.165) is 12.2 Å². The molecule has 3 nitrogen and oxygen atoms in total. The first-order valence-electron chi connectivity index (χ1n) is 7.75. The van der Waals surface area contributed by atoms with Crippen LogP contribution in [0.1, 0.15) is 58.4 Å². The summed E-state index contributed by atoms with van der Waals surface area (Å²) in [5, 5.41) is 6.43. The molecule has 112 valence electrons. The molecule has 3 heteroatoms. The molecule has 0 bridgehead atoms. The Labute approximate surface area is 123 Å². The fraction of sp³-hybridized carbons (Fsp3) is 0.588. The van der Waals surface area contributed by atoms with Crippen LogP contribution in [0.5, 0.6) is 0 Å². The smallest absolute Gasteiger partial charge is 0.221 e. The normalized spacial score (nSPS) is 12.2. The molecular formula is C17H28N2O. The van der Waals surface area contributed by atoms with Crippen LogP contribution in [0.25, 0.3) is 0 Å². The quantitative estimate of drug-likeness (QED) is 0.713. The highest BCUT2D eigenvalue weighted by atomic mass is 16.1. The van der Waals surface area contributed by atoms with Crippen molar-refractivity contribution in [3.05, 3.63) is 29.8 Å². The minimum atomic E-state index is -0.0292. The van der Waals surface area contributed by atoms with Gasteiger partial charge in [0, 0.05) is 25.2 Å². The number of benzene rings is 1. The molecule has 0 aromatic heterocycles. The summed E-state index contributed by atoms with van der Waals surface area (Å²) in [7, 11) is 0. The second-order valence-electron chi connectivity index (χ2n) is 5.39. The Hall–Kier alpha value is -1.35. The van der Waals surface area contributed by atoms with Gasteiger partial charge in [0.15, 0.2) is 0 Å². The van der Waals surface area contributed by atoms with Crippen molar-refractivity contribution >= 4 is 11.6 Å². The molecule has 0 aliphatic heterocycles. The summed E-state index contributed by atoms with van der Waals surface area (Å²) in [6.45, 7) is 6.90. The van der Waals surface area contributed by atoms with Crippen molar-refractivity contribution in [2.24, 2.45) is 0 Å². The molecule has 2 N–H and O–H groups in total. The Morgan fingerprint density at radius 1 is 1.10 bits per heavy atom. The first kappa shape index (κ1) is 16.7. The van der Waals surface area contributed by atoms with Crippen molar-refractivity contribution in [3.8, 4) is 0 Å². The lowest BCUT2D eigenvalue weighted by Gasteiger charge is -2.18. The molecule has 0 fully saturated rings. The molecule has 1 aromatic rings. The topological polar surface area (TPSA) is 41.1 Å². The van der Waals surface area contributed by atoms with E-state index >= 15 is 0 Å². The van der Waals surface area contributed by atoms with Crippen LogP contribution in [-0.4, -0.2) is 11.9 Å². The minimum absolute atomic E-state index is 0.0292. The molecule has 0 radical (unpaired) electrons. The number of carbonyl (C=O) groups is 1. The molecule has 1 unspecified atom stereocenters. The fourth-order valence-corrected chi connectivity index (χ4v) is 2.32. The average molecular weight is 276 g/mol. The molecule has 1 rings (SSSR count). The molecule has 0 aliphatic carbocycles. The van der Waals surface area contributed by atoms with Gasteiger partial charge in [-0.05, 0) is 30.5 Å². The number of amides is 1. The number of nitrogens with one attached hydrogen (secondary N) is 2. The van der Waals surface area contributed by atoms with E-state index in [-0.39, 0.29) is 5.91 Å². The largest absolute Gasteiger partial charge is 0.326 e. The Balaban J connectivity index is 2.44. The molecule has 0 saturated heterocycles. The highest BCUT2D eigenvalue weighted by molar-refractivity contribution is 5.88. The summed E-state index contributed by atoms with van der Waals surface area (Å²) in [5.41, 5.74) is 2.12. The number of unbranched alkanes of at least 4 members (excludes halogenated alkanes) is 1. The first-order valence-corrected chi connectivity index (χ1v) is 7.75. The van der Waals surface area contributed by atoms with E-state index in [9.17, 15) is 4.79 Å². The van der Waals surface area contributed by atoms with Crippen molar-refractivity contribution in [2.75, 3.05) is 5.32 Å². The van der Waals surface area contributed by atoms with Gasteiger partial charge in [0.1, 0.15) is 0 Å². The number of carbonyl (C=O) groups excluding carboxylic acids is 1. The van der Waals surface area contributed by atoms with Crippen LogP contribution in [0.2, 0.25) is 0 Å². The number of hydrogen-bond acceptors (Lipinski definition) is 2. The van der Waals surface area contributed by atoms with Crippen molar-refractivity contribution in [2.45, 2.75) is 65.5 Å². The molecule has 1 aromatic carbocycles. The van der Waals surface area contributed by atoms with Crippen molar-refractivity contribution in [1.29, 1.82) is 0 Å². The first-order chi connectivity index (χ1) is 9.65. The van der Waals surface area contributed by atoms with Gasteiger partial charge in [-0.3, -0.25) is 4.79 Å². The summed E-state index contributed by atoms with van der Waals surface area (Å²) in [6, 6.07) is 8.68. The highest BCUT2D eigenvalue weighted by Gasteiger charge is 2.06. The molecule has 1 amide bonds. The van der Waals surface area contributed by atoms with E-state index in [1.165, 1.54) is 44.6 Å². The molecule has 20 heavy (non-hydrogen) atoms. The van der Waals surface area contributed by atoms with Crippen molar-refractivity contribution in [1.82, 2.24) is 5.32 Å². The maximum atomic E-state index is 11.0. The second kappa shape index (κ2) is 9.54. The Bertz CT molecular complexity index is 386. The Morgan fingerprint density at radius 2 is 1.80 bits per heavy atom. The third-order valence-corrected chi connectivity index (χ3v) is 3.41. The van der Waals surface area contributed by atoms with Gasteiger partial charge in [0.2, 0.25) is 5.91 Å². The van der Waals surface area contributed by atoms with E-state index in [1.54, 1.807) is 0 Å². The predicted molar refractivity (Wildman–Crippen MR) is 85.8 cm³/mol. The monoisotopic (exact) mass is 276 g/mol. The molecule has 0 aliphatic rings. The fourth-order valence-electron chi connectivity index (χ4n) is 2.32. The van der Waals surface area contributed by atoms with Crippen LogP contribution in [0, 0.1) is 0 Å². The third kappa shape index (κ3) is 6.71. The summed E-state index contributed by atoms with van der Waals surface area (Å²) >= 11 is 0. The third-order valence-electron chi connectivity index (χ3n) is 3.41. The zero-order valence-corrected chi connectivity index (χ0v) is 13.0. The van der Waals surface area contributed by atoms with Gasteiger partial charge in [0.05, 0.1) is 0 Å². The second-order valence-corrected chi connectivity index (χ2v) is 5.39. The minimum Gasteiger partial charge on any atom is -0.326 e. The number of hydrogen-bond donors (Lipinski definition) is 2. The maximum absolute atomic E-state index is 11.0. The molecule has 1 atom stereocenters. The highest BCUT2D eigenvalue weighted by Crippen LogP contribution is 2.11. The van der Waals surface area contributed by atoms with Gasteiger partial charge >= 0.3 is 0 Å². The van der Waals surface area contributed by atoms with Gasteiger partial charge in [-0.25, -0.2) is 0 Å². The van der Waals surface area contributed by atoms with Crippen LogP contribution >= 0.6 is 0 Å². The lowest BCUT2D eigenvalue weighted by molar-refractivity contribution is -0.114. The lowest BCUT2D eigenvalue weighted by atomic mass is 10.0. The van der Waals surface area contributed by atoms with E-state index in [0.29, 0.717) is 6.04 Å². The summed E-state index contributed by atoms with van der Waals surface area (Å²) < 4.78 is 0. The van der Waals surface area contributed by atoms with Crippen molar-refractivity contribution in [3.63, 3.8) is 0 Å². The van der Waals surface area contributed by atoms with Crippen LogP contribution in [0.4, 0.5) is 5.69 Å². The lowest BCUT2D eigenvalue weighted by Crippen LogP contribution is -2.28.